The highest BCUT2D eigenvalue weighted by Gasteiger charge is 2.11. The van der Waals surface area contributed by atoms with Crippen molar-refractivity contribution >= 4 is 38.9 Å². The van der Waals surface area contributed by atoms with Gasteiger partial charge in [-0.3, -0.25) is 9.78 Å². The van der Waals surface area contributed by atoms with Crippen LogP contribution >= 0.6 is 27.3 Å². The van der Waals surface area contributed by atoms with E-state index >= 15 is 0 Å². The van der Waals surface area contributed by atoms with Crippen LogP contribution in [0.1, 0.15) is 9.67 Å². The zero-order valence-corrected chi connectivity index (χ0v) is 10.0. The van der Waals surface area contributed by atoms with Crippen molar-refractivity contribution in [3.05, 3.63) is 45.3 Å². The van der Waals surface area contributed by atoms with Gasteiger partial charge in [-0.25, -0.2) is 0 Å². The lowest BCUT2D eigenvalue weighted by atomic mass is 10.4. The number of carbonyl (C=O) groups is 1. The second kappa shape index (κ2) is 4.55. The zero-order chi connectivity index (χ0) is 10.7. The minimum atomic E-state index is -0.120. The molecule has 1 N–H and O–H groups in total. The molecule has 0 saturated heterocycles. The number of hydrogen-bond donors (Lipinski definition) is 1. The van der Waals surface area contributed by atoms with E-state index in [2.05, 4.69) is 26.2 Å². The number of carbonyl (C=O) groups excluding carboxylic acids is 1. The van der Waals surface area contributed by atoms with Crippen molar-refractivity contribution in [3.8, 4) is 0 Å². The van der Waals surface area contributed by atoms with Crippen LogP contribution in [0.2, 0.25) is 0 Å². The second-order valence-electron chi connectivity index (χ2n) is 2.79. The summed E-state index contributed by atoms with van der Waals surface area (Å²) in [5.74, 6) is -0.120. The molecule has 0 atom stereocenters. The number of pyridine rings is 1. The van der Waals surface area contributed by atoms with E-state index in [4.69, 9.17) is 0 Å². The fourth-order valence-corrected chi connectivity index (χ4v) is 2.53. The van der Waals surface area contributed by atoms with Crippen LogP contribution in [0.5, 0.6) is 0 Å². The first-order valence-corrected chi connectivity index (χ1v) is 5.89. The topological polar surface area (TPSA) is 42.0 Å². The van der Waals surface area contributed by atoms with Crippen molar-refractivity contribution in [2.24, 2.45) is 0 Å². The normalized spacial score (nSPS) is 9.93. The molecule has 0 fully saturated rings. The van der Waals surface area contributed by atoms with Crippen LogP contribution in [0.3, 0.4) is 0 Å². The van der Waals surface area contributed by atoms with E-state index < -0.39 is 0 Å². The van der Waals surface area contributed by atoms with Gasteiger partial charge in [0.25, 0.3) is 5.91 Å². The van der Waals surface area contributed by atoms with Crippen molar-refractivity contribution < 1.29 is 4.79 Å². The summed E-state index contributed by atoms with van der Waals surface area (Å²) in [5, 5.41) is 4.63. The minimum Gasteiger partial charge on any atom is -0.320 e. The lowest BCUT2D eigenvalue weighted by molar-refractivity contribution is 0.103. The first kappa shape index (κ1) is 10.3. The van der Waals surface area contributed by atoms with Crippen molar-refractivity contribution in [2.75, 3.05) is 5.32 Å². The maximum Gasteiger partial charge on any atom is 0.266 e. The zero-order valence-electron chi connectivity index (χ0n) is 7.61. The molecule has 0 aliphatic carbocycles. The Hall–Kier alpha value is -1.20. The number of nitrogens with one attached hydrogen (secondary N) is 1. The fourth-order valence-electron chi connectivity index (χ4n) is 1.08. The van der Waals surface area contributed by atoms with E-state index in [0.717, 1.165) is 4.47 Å². The number of aromatic nitrogens is 1. The van der Waals surface area contributed by atoms with Crippen molar-refractivity contribution in [1.29, 1.82) is 0 Å². The molecule has 15 heavy (non-hydrogen) atoms. The third-order valence-electron chi connectivity index (χ3n) is 1.74. The largest absolute Gasteiger partial charge is 0.320 e. The summed E-state index contributed by atoms with van der Waals surface area (Å²) in [6.45, 7) is 0. The van der Waals surface area contributed by atoms with Gasteiger partial charge in [0.15, 0.2) is 0 Å². The Morgan fingerprint density at radius 2 is 2.33 bits per heavy atom. The third-order valence-corrected chi connectivity index (χ3v) is 3.58. The van der Waals surface area contributed by atoms with Gasteiger partial charge < -0.3 is 5.32 Å². The standard InChI is InChI=1S/C10H7BrN2OS/c11-8-3-5-15-9(8)10(14)13-7-2-1-4-12-6-7/h1-6H,(H,13,14). The number of nitrogens with zero attached hydrogens (tertiary/aromatic N) is 1. The molecule has 0 aromatic carbocycles. The number of anilines is 1. The minimum absolute atomic E-state index is 0.120. The highest BCUT2D eigenvalue weighted by Crippen LogP contribution is 2.23. The maximum atomic E-state index is 11.7. The molecule has 0 spiro atoms. The molecule has 3 nitrogen and oxygen atoms in total. The van der Waals surface area contributed by atoms with Crippen LogP contribution in [0.4, 0.5) is 5.69 Å². The highest BCUT2D eigenvalue weighted by molar-refractivity contribution is 9.10. The Morgan fingerprint density at radius 1 is 1.47 bits per heavy atom. The van der Waals surface area contributed by atoms with E-state index in [0.29, 0.717) is 10.6 Å². The number of halogens is 1. The van der Waals surface area contributed by atoms with Crippen molar-refractivity contribution in [1.82, 2.24) is 4.98 Å². The quantitative estimate of drug-likeness (QED) is 0.919. The van der Waals surface area contributed by atoms with Crippen molar-refractivity contribution in [2.45, 2.75) is 0 Å². The van der Waals surface area contributed by atoms with E-state index in [1.54, 1.807) is 24.5 Å². The molecule has 0 unspecified atom stereocenters. The average Bonchev–Trinajstić information content (AvgIpc) is 2.66. The SMILES string of the molecule is O=C(Nc1cccnc1)c1sccc1Br. The van der Waals surface area contributed by atoms with Crippen LogP contribution < -0.4 is 5.32 Å². The van der Waals surface area contributed by atoms with E-state index in [1.807, 2.05) is 11.4 Å². The Labute approximate surface area is 99.3 Å². The summed E-state index contributed by atoms with van der Waals surface area (Å²) in [6, 6.07) is 5.42. The van der Waals surface area contributed by atoms with Crippen LogP contribution in [-0.4, -0.2) is 10.9 Å². The molecule has 2 aromatic rings. The fraction of sp³-hybridized carbons (Fsp3) is 0. The van der Waals surface area contributed by atoms with Gasteiger partial charge in [0, 0.05) is 10.7 Å². The van der Waals surface area contributed by atoms with Gasteiger partial charge in [-0.05, 0) is 39.5 Å². The number of thiophene rings is 1. The van der Waals surface area contributed by atoms with Gasteiger partial charge in [-0.2, -0.15) is 0 Å². The summed E-state index contributed by atoms with van der Waals surface area (Å²) in [7, 11) is 0. The average molecular weight is 283 g/mol. The van der Waals surface area contributed by atoms with Crippen LogP contribution in [0.15, 0.2) is 40.4 Å². The molecule has 1 amide bonds. The molecule has 5 heteroatoms. The van der Waals surface area contributed by atoms with Gasteiger partial charge in [0.1, 0.15) is 4.88 Å². The van der Waals surface area contributed by atoms with Crippen LogP contribution in [-0.2, 0) is 0 Å². The van der Waals surface area contributed by atoms with Gasteiger partial charge in [-0.1, -0.05) is 0 Å². The molecular formula is C10H7BrN2OS. The maximum absolute atomic E-state index is 11.7. The Balaban J connectivity index is 2.15. The predicted octanol–water partition coefficient (Wildman–Crippen LogP) is 3.16. The summed E-state index contributed by atoms with van der Waals surface area (Å²) >= 11 is 4.71. The highest BCUT2D eigenvalue weighted by atomic mass is 79.9. The van der Waals surface area contributed by atoms with E-state index in [9.17, 15) is 4.79 Å². The van der Waals surface area contributed by atoms with Crippen LogP contribution in [0.25, 0.3) is 0 Å². The second-order valence-corrected chi connectivity index (χ2v) is 4.56. The summed E-state index contributed by atoms with van der Waals surface area (Å²) in [6.07, 6.45) is 3.27. The number of amides is 1. The molecule has 76 valence electrons. The molecule has 0 aliphatic rings. The molecule has 0 radical (unpaired) electrons. The van der Waals surface area contributed by atoms with E-state index in [-0.39, 0.29) is 5.91 Å². The molecule has 2 aromatic heterocycles. The Bertz CT molecular complexity index is 469. The summed E-state index contributed by atoms with van der Waals surface area (Å²) in [4.78, 5) is 16.3. The lowest BCUT2D eigenvalue weighted by Gasteiger charge is -2.02. The van der Waals surface area contributed by atoms with Crippen molar-refractivity contribution in [3.63, 3.8) is 0 Å². The predicted molar refractivity (Wildman–Crippen MR) is 64.2 cm³/mol. The summed E-state index contributed by atoms with van der Waals surface area (Å²) < 4.78 is 0.814. The Kier molecular flexibility index (Phi) is 3.13. The van der Waals surface area contributed by atoms with Gasteiger partial charge in [-0.15, -0.1) is 11.3 Å². The first-order chi connectivity index (χ1) is 7.27. The summed E-state index contributed by atoms with van der Waals surface area (Å²) in [5.41, 5.74) is 0.697. The monoisotopic (exact) mass is 282 g/mol. The molecule has 2 rings (SSSR count). The van der Waals surface area contributed by atoms with Gasteiger partial charge in [0.05, 0.1) is 11.9 Å². The number of hydrogen-bond acceptors (Lipinski definition) is 3. The van der Waals surface area contributed by atoms with Crippen LogP contribution in [0, 0.1) is 0 Å². The third kappa shape index (κ3) is 2.43. The Morgan fingerprint density at radius 3 is 2.93 bits per heavy atom. The number of rotatable bonds is 2. The molecular weight excluding hydrogens is 276 g/mol. The molecule has 0 aliphatic heterocycles. The van der Waals surface area contributed by atoms with Gasteiger partial charge >= 0.3 is 0 Å². The molecule has 2 heterocycles. The smallest absolute Gasteiger partial charge is 0.266 e. The molecule has 0 saturated carbocycles. The first-order valence-electron chi connectivity index (χ1n) is 4.22. The van der Waals surface area contributed by atoms with Gasteiger partial charge in [0.2, 0.25) is 0 Å². The van der Waals surface area contributed by atoms with E-state index in [1.165, 1.54) is 11.3 Å². The lowest BCUT2D eigenvalue weighted by Crippen LogP contribution is -2.10. The molecule has 0 bridgehead atoms.